The number of nitrogens with zero attached hydrogens (tertiary/aromatic N) is 1. The highest BCUT2D eigenvalue weighted by molar-refractivity contribution is 6.05. The molecule has 1 N–H and O–H groups in total. The van der Waals surface area contributed by atoms with Crippen LogP contribution in [0.5, 0.6) is 5.75 Å². The Morgan fingerprint density at radius 2 is 1.72 bits per heavy atom. The third-order valence-electron chi connectivity index (χ3n) is 3.47. The number of ether oxygens (including phenoxy) is 1. The Morgan fingerprint density at radius 3 is 2.32 bits per heavy atom. The maximum atomic E-state index is 12.4. The highest BCUT2D eigenvalue weighted by Gasteiger charge is 2.11. The average Bonchev–Trinajstić information content (AvgIpc) is 2.59. The van der Waals surface area contributed by atoms with E-state index in [2.05, 4.69) is 19.2 Å². The SMILES string of the molecule is CC(C)COc1ccc(C(=O)Nc2cccc(C(=O)N(C)C)c2)cc1. The van der Waals surface area contributed by atoms with E-state index in [0.29, 0.717) is 29.3 Å². The summed E-state index contributed by atoms with van der Waals surface area (Å²) in [7, 11) is 3.38. The van der Waals surface area contributed by atoms with Crippen molar-refractivity contribution < 1.29 is 14.3 Å². The highest BCUT2D eigenvalue weighted by atomic mass is 16.5. The van der Waals surface area contributed by atoms with Gasteiger partial charge in [0.1, 0.15) is 5.75 Å². The summed E-state index contributed by atoms with van der Waals surface area (Å²) in [5.74, 6) is 0.844. The van der Waals surface area contributed by atoms with Gasteiger partial charge in [0, 0.05) is 30.9 Å². The molecule has 0 aliphatic heterocycles. The second kappa shape index (κ2) is 8.33. The lowest BCUT2D eigenvalue weighted by Gasteiger charge is -2.12. The Balaban J connectivity index is 2.04. The van der Waals surface area contributed by atoms with Gasteiger partial charge < -0.3 is 15.0 Å². The summed E-state index contributed by atoms with van der Waals surface area (Å²) in [6.07, 6.45) is 0. The van der Waals surface area contributed by atoms with Gasteiger partial charge in [0.2, 0.25) is 0 Å². The molecule has 0 fully saturated rings. The lowest BCUT2D eigenvalue weighted by molar-refractivity contribution is 0.0827. The van der Waals surface area contributed by atoms with Crippen LogP contribution in [-0.2, 0) is 0 Å². The van der Waals surface area contributed by atoms with E-state index in [1.807, 2.05) is 0 Å². The molecule has 25 heavy (non-hydrogen) atoms. The van der Waals surface area contributed by atoms with Crippen LogP contribution in [0.3, 0.4) is 0 Å². The summed E-state index contributed by atoms with van der Waals surface area (Å²) >= 11 is 0. The summed E-state index contributed by atoms with van der Waals surface area (Å²) in [6.45, 7) is 4.80. The van der Waals surface area contributed by atoms with Crippen molar-refractivity contribution in [2.75, 3.05) is 26.0 Å². The first-order chi connectivity index (χ1) is 11.9. The highest BCUT2D eigenvalue weighted by Crippen LogP contribution is 2.16. The van der Waals surface area contributed by atoms with Gasteiger partial charge in [-0.3, -0.25) is 9.59 Å². The molecule has 0 saturated carbocycles. The van der Waals surface area contributed by atoms with E-state index in [4.69, 9.17) is 4.74 Å². The fourth-order valence-electron chi connectivity index (χ4n) is 2.16. The molecule has 0 heterocycles. The number of amides is 2. The van der Waals surface area contributed by atoms with Crippen LogP contribution in [0.4, 0.5) is 5.69 Å². The van der Waals surface area contributed by atoms with E-state index in [1.165, 1.54) is 4.90 Å². The molecule has 0 aromatic heterocycles. The first-order valence-electron chi connectivity index (χ1n) is 8.22. The molecule has 0 spiro atoms. The normalized spacial score (nSPS) is 10.4. The molecule has 0 atom stereocenters. The number of carbonyl (C=O) groups excluding carboxylic acids is 2. The van der Waals surface area contributed by atoms with E-state index in [1.54, 1.807) is 62.6 Å². The van der Waals surface area contributed by atoms with Gasteiger partial charge in [0.05, 0.1) is 6.61 Å². The summed E-state index contributed by atoms with van der Waals surface area (Å²) in [5, 5.41) is 2.81. The Hall–Kier alpha value is -2.82. The van der Waals surface area contributed by atoms with Crippen molar-refractivity contribution in [1.82, 2.24) is 4.90 Å². The monoisotopic (exact) mass is 340 g/mol. The minimum atomic E-state index is -0.232. The van der Waals surface area contributed by atoms with Crippen molar-refractivity contribution in [1.29, 1.82) is 0 Å². The molecule has 0 aliphatic carbocycles. The molecule has 0 saturated heterocycles. The Bertz CT molecular complexity index is 737. The van der Waals surface area contributed by atoms with Crippen LogP contribution < -0.4 is 10.1 Å². The molecular weight excluding hydrogens is 316 g/mol. The quantitative estimate of drug-likeness (QED) is 0.873. The zero-order valence-corrected chi connectivity index (χ0v) is 15.1. The molecule has 5 heteroatoms. The number of rotatable bonds is 6. The topological polar surface area (TPSA) is 58.6 Å². The Morgan fingerprint density at radius 1 is 1.04 bits per heavy atom. The zero-order chi connectivity index (χ0) is 18.4. The maximum absolute atomic E-state index is 12.4. The smallest absolute Gasteiger partial charge is 0.255 e. The van der Waals surface area contributed by atoms with Gasteiger partial charge in [-0.25, -0.2) is 0 Å². The number of benzene rings is 2. The molecule has 132 valence electrons. The Kier molecular flexibility index (Phi) is 6.17. The molecule has 0 bridgehead atoms. The van der Waals surface area contributed by atoms with Gasteiger partial charge in [-0.2, -0.15) is 0 Å². The van der Waals surface area contributed by atoms with Crippen molar-refractivity contribution in [2.24, 2.45) is 5.92 Å². The van der Waals surface area contributed by atoms with E-state index < -0.39 is 0 Å². The van der Waals surface area contributed by atoms with Crippen molar-refractivity contribution in [3.63, 3.8) is 0 Å². The van der Waals surface area contributed by atoms with Gasteiger partial charge in [0.15, 0.2) is 0 Å². The van der Waals surface area contributed by atoms with E-state index in [0.717, 1.165) is 5.75 Å². The van der Waals surface area contributed by atoms with E-state index in [-0.39, 0.29) is 11.8 Å². The number of nitrogens with one attached hydrogen (secondary N) is 1. The molecule has 5 nitrogen and oxygen atoms in total. The lowest BCUT2D eigenvalue weighted by atomic mass is 10.1. The number of hydrogen-bond donors (Lipinski definition) is 1. The molecule has 0 aliphatic rings. The summed E-state index contributed by atoms with van der Waals surface area (Å²) in [6, 6.07) is 13.9. The van der Waals surface area contributed by atoms with Gasteiger partial charge in [-0.05, 0) is 48.4 Å². The molecule has 2 rings (SSSR count). The summed E-state index contributed by atoms with van der Waals surface area (Å²) < 4.78 is 5.61. The number of hydrogen-bond acceptors (Lipinski definition) is 3. The fraction of sp³-hybridized carbons (Fsp3) is 0.300. The van der Waals surface area contributed by atoms with Crippen molar-refractivity contribution in [2.45, 2.75) is 13.8 Å². The lowest BCUT2D eigenvalue weighted by Crippen LogP contribution is -2.21. The van der Waals surface area contributed by atoms with Crippen LogP contribution in [0.25, 0.3) is 0 Å². The molecule has 2 aromatic rings. The predicted octanol–water partition coefficient (Wildman–Crippen LogP) is 3.68. The van der Waals surface area contributed by atoms with Crippen LogP contribution >= 0.6 is 0 Å². The molecular formula is C20H24N2O3. The molecule has 0 unspecified atom stereocenters. The van der Waals surface area contributed by atoms with Gasteiger partial charge >= 0.3 is 0 Å². The Labute approximate surface area is 148 Å². The van der Waals surface area contributed by atoms with Crippen molar-refractivity contribution in [3.8, 4) is 5.75 Å². The zero-order valence-electron chi connectivity index (χ0n) is 15.1. The molecule has 2 amide bonds. The molecule has 0 radical (unpaired) electrons. The molecule has 2 aromatic carbocycles. The average molecular weight is 340 g/mol. The maximum Gasteiger partial charge on any atom is 0.255 e. The predicted molar refractivity (Wildman–Crippen MR) is 99.2 cm³/mol. The van der Waals surface area contributed by atoms with Gasteiger partial charge in [-0.1, -0.05) is 19.9 Å². The second-order valence-electron chi connectivity index (χ2n) is 6.46. The minimum Gasteiger partial charge on any atom is -0.493 e. The third-order valence-corrected chi connectivity index (χ3v) is 3.47. The van der Waals surface area contributed by atoms with Gasteiger partial charge in [-0.15, -0.1) is 0 Å². The van der Waals surface area contributed by atoms with Crippen LogP contribution in [-0.4, -0.2) is 37.4 Å². The van der Waals surface area contributed by atoms with Crippen molar-refractivity contribution in [3.05, 3.63) is 59.7 Å². The van der Waals surface area contributed by atoms with E-state index in [9.17, 15) is 9.59 Å². The van der Waals surface area contributed by atoms with Crippen LogP contribution in [0.2, 0.25) is 0 Å². The van der Waals surface area contributed by atoms with Crippen LogP contribution in [0, 0.1) is 5.92 Å². The summed E-state index contributed by atoms with van der Waals surface area (Å²) in [5.41, 5.74) is 1.64. The first kappa shape index (κ1) is 18.5. The fourth-order valence-corrected chi connectivity index (χ4v) is 2.16. The first-order valence-corrected chi connectivity index (χ1v) is 8.22. The number of anilines is 1. The van der Waals surface area contributed by atoms with Crippen LogP contribution in [0.15, 0.2) is 48.5 Å². The standard InChI is InChI=1S/C20H24N2O3/c1-14(2)13-25-18-10-8-15(9-11-18)19(23)21-17-7-5-6-16(12-17)20(24)22(3)4/h5-12,14H,13H2,1-4H3,(H,21,23). The number of carbonyl (C=O) groups is 2. The largest absolute Gasteiger partial charge is 0.493 e. The van der Waals surface area contributed by atoms with E-state index >= 15 is 0 Å². The second-order valence-corrected chi connectivity index (χ2v) is 6.46. The van der Waals surface area contributed by atoms with Gasteiger partial charge in [0.25, 0.3) is 11.8 Å². The van der Waals surface area contributed by atoms with Crippen molar-refractivity contribution >= 4 is 17.5 Å². The summed E-state index contributed by atoms with van der Waals surface area (Å²) in [4.78, 5) is 25.9. The minimum absolute atomic E-state index is 0.109. The third kappa shape index (κ3) is 5.35. The van der Waals surface area contributed by atoms with Crippen LogP contribution in [0.1, 0.15) is 34.6 Å².